The monoisotopic (exact) mass is 354 g/mol. The first-order valence-corrected chi connectivity index (χ1v) is 6.70. The molecule has 1 fully saturated rings. The van der Waals surface area contributed by atoms with Crippen molar-refractivity contribution < 1.29 is 58.9 Å². The first-order chi connectivity index (χ1) is 11.2. The summed E-state index contributed by atoms with van der Waals surface area (Å²) in [5, 5.41) is 45.7. The van der Waals surface area contributed by atoms with E-state index in [9.17, 15) is 24.6 Å². The number of carboxylic acid groups (broad SMARTS) is 3. The van der Waals surface area contributed by atoms with E-state index in [1.807, 2.05) is 0 Å². The minimum absolute atomic E-state index is 0.427. The third-order valence-electron chi connectivity index (χ3n) is 2.94. The highest BCUT2D eigenvalue weighted by molar-refractivity contribution is 5.68. The summed E-state index contributed by atoms with van der Waals surface area (Å²) < 4.78 is 19.6. The summed E-state index contributed by atoms with van der Waals surface area (Å²) in [7, 11) is 0. The second kappa shape index (κ2) is 9.46. The van der Waals surface area contributed by atoms with Crippen molar-refractivity contribution >= 4 is 17.9 Å². The van der Waals surface area contributed by atoms with Crippen molar-refractivity contribution in [2.75, 3.05) is 26.4 Å². The Morgan fingerprint density at radius 3 is 1.83 bits per heavy atom. The van der Waals surface area contributed by atoms with Crippen LogP contribution in [0.2, 0.25) is 0 Å². The summed E-state index contributed by atoms with van der Waals surface area (Å²) in [5.41, 5.74) is 0. The van der Waals surface area contributed by atoms with Crippen LogP contribution in [0.1, 0.15) is 0 Å². The predicted octanol–water partition coefficient (Wildman–Crippen LogP) is -2.89. The van der Waals surface area contributed by atoms with Crippen LogP contribution < -0.4 is 0 Å². The van der Waals surface area contributed by atoms with Gasteiger partial charge in [-0.3, -0.25) is 0 Å². The zero-order chi connectivity index (χ0) is 18.3. The van der Waals surface area contributed by atoms with E-state index in [2.05, 4.69) is 0 Å². The lowest BCUT2D eigenvalue weighted by atomic mass is 9.99. The van der Waals surface area contributed by atoms with Gasteiger partial charge in [-0.1, -0.05) is 0 Å². The Labute approximate surface area is 135 Å². The Balaban J connectivity index is 2.76. The Morgan fingerprint density at radius 1 is 0.833 bits per heavy atom. The van der Waals surface area contributed by atoms with Crippen molar-refractivity contribution in [3.05, 3.63) is 0 Å². The maximum atomic E-state index is 10.6. The molecule has 0 aliphatic carbocycles. The van der Waals surface area contributed by atoms with Gasteiger partial charge in [0.05, 0.1) is 6.61 Å². The van der Waals surface area contributed by atoms with Crippen LogP contribution in [0, 0.1) is 0 Å². The van der Waals surface area contributed by atoms with Gasteiger partial charge in [0.15, 0.2) is 6.29 Å². The van der Waals surface area contributed by atoms with Crippen molar-refractivity contribution in [1.29, 1.82) is 0 Å². The molecule has 0 aromatic rings. The number of ether oxygens (including phenoxy) is 4. The van der Waals surface area contributed by atoms with Gasteiger partial charge in [-0.15, -0.1) is 0 Å². The molecular weight excluding hydrogens is 336 g/mol. The highest BCUT2D eigenvalue weighted by atomic mass is 16.7. The normalized spacial score (nSPS) is 30.0. The molecule has 1 aliphatic rings. The number of aliphatic carboxylic acids is 3. The van der Waals surface area contributed by atoms with E-state index in [1.54, 1.807) is 0 Å². The van der Waals surface area contributed by atoms with Crippen LogP contribution >= 0.6 is 0 Å². The zero-order valence-corrected chi connectivity index (χ0v) is 12.3. The second-order valence-corrected chi connectivity index (χ2v) is 4.80. The van der Waals surface area contributed by atoms with Crippen molar-refractivity contribution in [2.45, 2.75) is 30.7 Å². The van der Waals surface area contributed by atoms with Crippen LogP contribution in [0.3, 0.4) is 0 Å². The topological polar surface area (TPSA) is 189 Å². The van der Waals surface area contributed by atoms with Gasteiger partial charge in [-0.2, -0.15) is 0 Å². The molecule has 0 spiro atoms. The molecule has 1 rings (SSSR count). The van der Waals surface area contributed by atoms with Crippen LogP contribution in [-0.4, -0.2) is 101 Å². The first-order valence-electron chi connectivity index (χ1n) is 6.70. The Hall–Kier alpha value is -1.83. The SMILES string of the molecule is O=C(O)COCC1O[C@@H](O)C(OCC(=O)O)[C@H](OCC(=O)O)[C@@H]1O. The molecule has 24 heavy (non-hydrogen) atoms. The molecule has 0 aromatic heterocycles. The number of aliphatic hydroxyl groups excluding tert-OH is 2. The molecule has 5 atom stereocenters. The molecule has 5 N–H and O–H groups in total. The van der Waals surface area contributed by atoms with E-state index in [4.69, 9.17) is 34.3 Å². The van der Waals surface area contributed by atoms with Gasteiger partial charge in [0.1, 0.15) is 44.2 Å². The molecule has 1 saturated heterocycles. The van der Waals surface area contributed by atoms with Gasteiger partial charge < -0.3 is 44.5 Å². The summed E-state index contributed by atoms with van der Waals surface area (Å²) in [6, 6.07) is 0. The van der Waals surface area contributed by atoms with Gasteiger partial charge in [-0.25, -0.2) is 14.4 Å². The average Bonchev–Trinajstić information content (AvgIpc) is 2.46. The largest absolute Gasteiger partial charge is 0.480 e. The summed E-state index contributed by atoms with van der Waals surface area (Å²) in [6.07, 6.45) is -7.43. The van der Waals surface area contributed by atoms with Gasteiger partial charge in [0.2, 0.25) is 0 Å². The molecular formula is C12H18O12. The third-order valence-corrected chi connectivity index (χ3v) is 2.94. The molecule has 12 heteroatoms. The van der Waals surface area contributed by atoms with E-state index in [1.165, 1.54) is 0 Å². The highest BCUT2D eigenvalue weighted by Gasteiger charge is 2.46. The van der Waals surface area contributed by atoms with Crippen molar-refractivity contribution in [3.63, 3.8) is 0 Å². The fraction of sp³-hybridized carbons (Fsp3) is 0.750. The third kappa shape index (κ3) is 6.35. The predicted molar refractivity (Wildman–Crippen MR) is 70.1 cm³/mol. The van der Waals surface area contributed by atoms with E-state index in [0.717, 1.165) is 0 Å². The molecule has 138 valence electrons. The maximum Gasteiger partial charge on any atom is 0.329 e. The summed E-state index contributed by atoms with van der Waals surface area (Å²) >= 11 is 0. The lowest BCUT2D eigenvalue weighted by Crippen LogP contribution is -2.61. The van der Waals surface area contributed by atoms with Crippen LogP contribution in [0.4, 0.5) is 0 Å². The Morgan fingerprint density at radius 2 is 1.33 bits per heavy atom. The molecule has 12 nitrogen and oxygen atoms in total. The minimum atomic E-state index is -1.75. The van der Waals surface area contributed by atoms with Crippen molar-refractivity contribution in [1.82, 2.24) is 0 Å². The summed E-state index contributed by atoms with van der Waals surface area (Å²) in [4.78, 5) is 31.5. The number of hydrogen-bond donors (Lipinski definition) is 5. The van der Waals surface area contributed by atoms with Crippen LogP contribution in [0.5, 0.6) is 0 Å². The van der Waals surface area contributed by atoms with Gasteiger partial charge in [0.25, 0.3) is 0 Å². The smallest absolute Gasteiger partial charge is 0.329 e. The van der Waals surface area contributed by atoms with E-state index >= 15 is 0 Å². The van der Waals surface area contributed by atoms with Crippen molar-refractivity contribution in [2.24, 2.45) is 0 Å². The molecule has 0 amide bonds. The summed E-state index contributed by atoms with van der Waals surface area (Å²) in [5.74, 6) is -3.98. The maximum absolute atomic E-state index is 10.6. The van der Waals surface area contributed by atoms with Gasteiger partial charge in [0, 0.05) is 0 Å². The summed E-state index contributed by atoms with van der Waals surface area (Å²) in [6.45, 7) is -2.79. The standard InChI is InChI=1S/C12H18O12/c13-6(14)2-21-1-5-9(19)10(22-3-7(15)16)11(12(20)24-5)23-4-8(17)18/h5,9-12,19-20H,1-4H2,(H,13,14)(H,15,16)(H,17,18)/t5?,9-,10-,11?,12-/m1/s1. The molecule has 0 bridgehead atoms. The van der Waals surface area contributed by atoms with Crippen molar-refractivity contribution in [3.8, 4) is 0 Å². The fourth-order valence-electron chi connectivity index (χ4n) is 2.01. The van der Waals surface area contributed by atoms with Gasteiger partial charge >= 0.3 is 17.9 Å². The number of hydrogen-bond acceptors (Lipinski definition) is 9. The first kappa shape index (κ1) is 20.2. The van der Waals surface area contributed by atoms with E-state index < -0.39 is 75.0 Å². The Bertz CT molecular complexity index is 451. The molecule has 2 unspecified atom stereocenters. The van der Waals surface area contributed by atoms with Crippen LogP contribution in [-0.2, 0) is 33.3 Å². The van der Waals surface area contributed by atoms with E-state index in [0.29, 0.717) is 0 Å². The zero-order valence-electron chi connectivity index (χ0n) is 12.3. The lowest BCUT2D eigenvalue weighted by Gasteiger charge is -2.41. The average molecular weight is 354 g/mol. The quantitative estimate of drug-likeness (QED) is 0.269. The number of carboxylic acids is 3. The number of rotatable bonds is 10. The second-order valence-electron chi connectivity index (χ2n) is 4.80. The highest BCUT2D eigenvalue weighted by Crippen LogP contribution is 2.25. The van der Waals surface area contributed by atoms with Crippen LogP contribution in [0.25, 0.3) is 0 Å². The number of aliphatic hydroxyl groups is 2. The minimum Gasteiger partial charge on any atom is -0.480 e. The fourth-order valence-corrected chi connectivity index (χ4v) is 2.01. The Kier molecular flexibility index (Phi) is 7.97. The molecule has 1 aliphatic heterocycles. The molecule has 0 aromatic carbocycles. The lowest BCUT2D eigenvalue weighted by molar-refractivity contribution is -0.304. The molecule has 0 saturated carbocycles. The number of carbonyl (C=O) groups is 3. The molecule has 1 heterocycles. The van der Waals surface area contributed by atoms with Gasteiger partial charge in [-0.05, 0) is 0 Å². The van der Waals surface area contributed by atoms with Crippen LogP contribution in [0.15, 0.2) is 0 Å². The molecule has 0 radical (unpaired) electrons. The van der Waals surface area contributed by atoms with E-state index in [-0.39, 0.29) is 0 Å².